The second-order valence-corrected chi connectivity index (χ2v) is 5.18. The summed E-state index contributed by atoms with van der Waals surface area (Å²) in [6.07, 6.45) is -0.158. The van der Waals surface area contributed by atoms with Gasteiger partial charge < -0.3 is 4.52 Å². The zero-order valence-corrected chi connectivity index (χ0v) is 10.1. The Hall–Kier alpha value is 0.200. The Kier molecular flexibility index (Phi) is 3.36. The van der Waals surface area contributed by atoms with Crippen LogP contribution in [0.15, 0.2) is 0 Å². The lowest BCUT2D eigenvalue weighted by Gasteiger charge is -2.34. The maximum absolute atomic E-state index is 12.5. The van der Waals surface area contributed by atoms with Crippen LogP contribution in [0.25, 0.3) is 0 Å². The molecule has 1 aliphatic heterocycles. The lowest BCUT2D eigenvalue weighted by atomic mass is 10.4. The molecule has 1 N–H and O–H groups in total. The van der Waals surface area contributed by atoms with Crippen LogP contribution >= 0.6 is 30.9 Å². The number of halogens is 2. The van der Waals surface area contributed by atoms with Gasteiger partial charge >= 0.3 is 7.67 Å². The van der Waals surface area contributed by atoms with Crippen LogP contribution in [0.1, 0.15) is 11.9 Å². The van der Waals surface area contributed by atoms with Crippen LogP contribution in [0.3, 0.4) is 0 Å². The second-order valence-electron chi connectivity index (χ2n) is 2.63. The largest absolute Gasteiger partial charge is 0.370 e. The third-order valence-electron chi connectivity index (χ3n) is 1.68. The maximum Gasteiger partial charge on any atom is 0.370 e. The molecule has 8 heteroatoms. The van der Waals surface area contributed by atoms with E-state index < -0.39 is 38.4 Å². The Morgan fingerprint density at radius 2 is 2.47 bits per heavy atom. The van der Waals surface area contributed by atoms with Crippen LogP contribution < -0.4 is 5.09 Å². The highest BCUT2D eigenvalue weighted by molar-refractivity contribution is 7.55. The van der Waals surface area contributed by atoms with E-state index in [1.165, 1.54) is 0 Å². The quantitative estimate of drug-likeness (QED) is 0.624. The molecule has 0 unspecified atom stereocenters. The zero-order valence-electron chi connectivity index (χ0n) is 11.7. The van der Waals surface area contributed by atoms with Crippen LogP contribution in [0.5, 0.6) is 0 Å². The fourth-order valence-corrected chi connectivity index (χ4v) is 3.05. The van der Waals surface area contributed by atoms with Gasteiger partial charge in [0.15, 0.2) is 0 Å². The van der Waals surface area contributed by atoms with Gasteiger partial charge in [0.05, 0.1) is 9.30 Å². The maximum atomic E-state index is 12.5. The first-order valence-electron chi connectivity index (χ1n) is 6.11. The highest BCUT2D eigenvalue weighted by atomic mass is 35.5. The molecule has 1 atom stereocenters. The average molecular weight is 279 g/mol. The van der Waals surface area contributed by atoms with Gasteiger partial charge in [-0.1, -0.05) is 0 Å². The topological polar surface area (TPSA) is 58.6 Å². The van der Waals surface area contributed by atoms with Gasteiger partial charge in [0.2, 0.25) is 5.91 Å². The minimum absolute atomic E-state index is 0.145. The monoisotopic (exact) mass is 278 g/mol. The van der Waals surface area contributed by atoms with E-state index in [1.54, 1.807) is 0 Å². The van der Waals surface area contributed by atoms with Crippen molar-refractivity contribution in [1.82, 2.24) is 9.76 Å². The number of nitrogens with zero attached hydrogens (tertiary/aromatic N) is 1. The van der Waals surface area contributed by atoms with Crippen LogP contribution in [-0.2, 0) is 13.9 Å². The molecule has 1 amide bonds. The van der Waals surface area contributed by atoms with Gasteiger partial charge in [-0.05, 0) is 6.42 Å². The van der Waals surface area contributed by atoms with Gasteiger partial charge in [-0.3, -0.25) is 9.46 Å². The Morgan fingerprint density at radius 1 is 1.73 bits per heavy atom. The Morgan fingerprint density at radius 3 is 3.07 bits per heavy atom. The van der Waals surface area contributed by atoms with Gasteiger partial charge in [0, 0.05) is 21.7 Å². The number of nitrogens with one attached hydrogen (secondary N) is 1. The van der Waals surface area contributed by atoms with Gasteiger partial charge in [0.1, 0.15) is 5.88 Å². The SMILES string of the molecule is [2H]C([2H])(Cl)CN[P@@]1(=O)OC([2H])([2H])CCN1C(=O)CCl. The van der Waals surface area contributed by atoms with Crippen molar-refractivity contribution in [1.29, 1.82) is 0 Å². The van der Waals surface area contributed by atoms with Crippen molar-refractivity contribution in [2.75, 3.05) is 31.4 Å². The molecular formula is C7H13Cl2N2O3P. The van der Waals surface area contributed by atoms with E-state index in [0.29, 0.717) is 0 Å². The van der Waals surface area contributed by atoms with E-state index in [9.17, 15) is 9.36 Å². The fraction of sp³-hybridized carbons (Fsp3) is 0.857. The molecule has 0 aromatic heterocycles. The molecule has 0 aromatic rings. The molecule has 0 saturated carbocycles. The van der Waals surface area contributed by atoms with E-state index in [4.69, 9.17) is 33.2 Å². The molecule has 5 nitrogen and oxygen atoms in total. The minimum atomic E-state index is -4.06. The van der Waals surface area contributed by atoms with Crippen LogP contribution in [0.2, 0.25) is 0 Å². The van der Waals surface area contributed by atoms with Crippen LogP contribution in [0, 0.1) is 0 Å². The average Bonchev–Trinajstić information content (AvgIpc) is 2.23. The molecule has 1 heterocycles. The van der Waals surface area contributed by atoms with Crippen molar-refractivity contribution in [3.63, 3.8) is 0 Å². The highest BCUT2D eigenvalue weighted by Gasteiger charge is 2.37. The highest BCUT2D eigenvalue weighted by Crippen LogP contribution is 2.49. The number of hydrogen-bond donors (Lipinski definition) is 1. The van der Waals surface area contributed by atoms with Crippen LogP contribution in [-0.4, -0.2) is 41.9 Å². The van der Waals surface area contributed by atoms with E-state index in [-0.39, 0.29) is 13.0 Å². The van der Waals surface area contributed by atoms with Crippen molar-refractivity contribution in [2.24, 2.45) is 0 Å². The van der Waals surface area contributed by atoms with Crippen molar-refractivity contribution in [2.45, 2.75) is 6.42 Å². The molecular weight excluding hydrogens is 262 g/mol. The Labute approximate surface area is 104 Å². The summed E-state index contributed by atoms with van der Waals surface area (Å²) >= 11 is 10.7. The predicted octanol–water partition coefficient (Wildman–Crippen LogP) is 1.41. The molecule has 0 aromatic carbocycles. The number of rotatable bonds is 4. The smallest absolute Gasteiger partial charge is 0.302 e. The molecule has 1 rings (SSSR count). The normalized spacial score (nSPS) is 34.9. The van der Waals surface area contributed by atoms with Crippen molar-refractivity contribution in [3.8, 4) is 0 Å². The summed E-state index contributed by atoms with van der Waals surface area (Å²) in [5, 5.41) is 2.19. The van der Waals surface area contributed by atoms with Crippen LogP contribution in [0.4, 0.5) is 0 Å². The first-order valence-corrected chi connectivity index (χ1v) is 6.60. The van der Waals surface area contributed by atoms with E-state index >= 15 is 0 Å². The first kappa shape index (κ1) is 8.31. The number of carbonyl (C=O) groups excluding carboxylic acids is 1. The molecule has 15 heavy (non-hydrogen) atoms. The van der Waals surface area contributed by atoms with Crippen molar-refractivity contribution >= 4 is 36.8 Å². The molecule has 0 radical (unpaired) electrons. The fourth-order valence-electron chi connectivity index (χ4n) is 1.05. The first-order chi connectivity index (χ1) is 8.49. The zero-order chi connectivity index (χ0) is 14.9. The van der Waals surface area contributed by atoms with E-state index in [0.717, 1.165) is 4.67 Å². The van der Waals surface area contributed by atoms with Gasteiger partial charge in [-0.25, -0.2) is 9.65 Å². The number of carbonyl (C=O) groups is 1. The third kappa shape index (κ3) is 3.33. The molecule has 1 saturated heterocycles. The standard InChI is InChI=1S/C7H13Cl2N2O3P/c8-2-3-10-15(13)11(7(12)6-9)4-1-5-14-15/h1-6H2,(H,10,13)/t15-/m1/s1/i2D2,5D2. The van der Waals surface area contributed by atoms with Gasteiger partial charge in [-0.15, -0.1) is 23.2 Å². The number of amides is 1. The molecule has 1 fully saturated rings. The van der Waals surface area contributed by atoms with Crippen molar-refractivity contribution < 1.29 is 19.4 Å². The van der Waals surface area contributed by atoms with Crippen molar-refractivity contribution in [3.05, 3.63) is 0 Å². The summed E-state index contributed by atoms with van der Waals surface area (Å²) in [6, 6.07) is 0. The molecule has 1 aliphatic rings. The van der Waals surface area contributed by atoms with Gasteiger partial charge in [-0.2, -0.15) is 0 Å². The summed E-state index contributed by atoms with van der Waals surface area (Å²) in [6.45, 7) is -2.90. The lowest BCUT2D eigenvalue weighted by molar-refractivity contribution is -0.125. The summed E-state index contributed by atoms with van der Waals surface area (Å²) in [5.41, 5.74) is 0. The number of hydrogen-bond acceptors (Lipinski definition) is 3. The lowest BCUT2D eigenvalue weighted by Crippen LogP contribution is -2.39. The van der Waals surface area contributed by atoms with E-state index in [1.807, 2.05) is 0 Å². The second kappa shape index (κ2) is 6.06. The third-order valence-corrected chi connectivity index (χ3v) is 4.03. The van der Waals surface area contributed by atoms with Gasteiger partial charge in [0.25, 0.3) is 0 Å². The summed E-state index contributed by atoms with van der Waals surface area (Å²) in [4.78, 5) is 11.6. The molecule has 0 spiro atoms. The minimum Gasteiger partial charge on any atom is -0.302 e. The van der Waals surface area contributed by atoms with E-state index in [2.05, 4.69) is 5.09 Å². The summed E-state index contributed by atoms with van der Waals surface area (Å²) in [7, 11) is -4.06. The molecule has 0 bridgehead atoms. The predicted molar refractivity (Wildman–Crippen MR) is 59.3 cm³/mol. The summed E-state index contributed by atoms with van der Waals surface area (Å²) < 4.78 is 47.2. The molecule has 0 aliphatic carbocycles. The molecule has 88 valence electrons. The Bertz CT molecular complexity index is 406. The Balaban J connectivity index is 2.92. The number of alkyl halides is 2. The summed E-state index contributed by atoms with van der Waals surface area (Å²) in [5.74, 6) is -3.34.